The molecule has 1 aromatic carbocycles. The molecule has 0 radical (unpaired) electrons. The van der Waals surface area contributed by atoms with Crippen LogP contribution in [0.15, 0.2) is 42.7 Å². The second kappa shape index (κ2) is 14.4. The number of halogens is 1. The molecule has 2 aromatic heterocycles. The van der Waals surface area contributed by atoms with Crippen molar-refractivity contribution < 1.29 is 36.7 Å². The third kappa shape index (κ3) is 7.84. The van der Waals surface area contributed by atoms with Gasteiger partial charge in [0.2, 0.25) is 27.7 Å². The van der Waals surface area contributed by atoms with Crippen molar-refractivity contribution in [1.82, 2.24) is 40.2 Å². The Labute approximate surface area is 305 Å². The maximum atomic E-state index is 14.5. The lowest BCUT2D eigenvalue weighted by Crippen LogP contribution is -2.58. The third-order valence-corrected chi connectivity index (χ3v) is 12.0. The molecule has 0 unspecified atom stereocenters. The minimum Gasteiger partial charge on any atom is -0.471 e. The number of allylic oxidation sites excluding steroid dienone is 1. The summed E-state index contributed by atoms with van der Waals surface area (Å²) in [7, 11) is -3.91. The molecule has 2 aliphatic carbocycles. The highest BCUT2D eigenvalue weighted by Gasteiger charge is 2.62. The number of amides is 4. The van der Waals surface area contributed by atoms with Gasteiger partial charge in [-0.3, -0.25) is 28.9 Å². The van der Waals surface area contributed by atoms with Crippen molar-refractivity contribution in [3.05, 3.63) is 65.6 Å². The molecule has 2 saturated carbocycles. The maximum Gasteiger partial charge on any atom is 0.272 e. The Hall–Kier alpha value is -5.06. The highest BCUT2D eigenvalue weighted by atomic mass is 32.2. The van der Waals surface area contributed by atoms with E-state index in [0.717, 1.165) is 12.8 Å². The third-order valence-electron chi connectivity index (χ3n) is 10.2. The molecule has 17 heteroatoms. The van der Waals surface area contributed by atoms with Gasteiger partial charge in [-0.15, -0.1) is 0 Å². The topological polar surface area (TPSA) is 203 Å². The van der Waals surface area contributed by atoms with E-state index in [-0.39, 0.29) is 42.9 Å². The number of nitrogens with one attached hydrogen (secondary N) is 3. The molecule has 2 aliphatic heterocycles. The molecule has 280 valence electrons. The quantitative estimate of drug-likeness (QED) is 0.300. The zero-order valence-corrected chi connectivity index (χ0v) is 30.2. The molecule has 3 aromatic rings. The number of aromatic nitrogens is 4. The minimum atomic E-state index is -3.91. The molecule has 15 nitrogen and oxygen atoms in total. The van der Waals surface area contributed by atoms with E-state index in [0.29, 0.717) is 42.6 Å². The van der Waals surface area contributed by atoms with Crippen LogP contribution in [0.25, 0.3) is 11.0 Å². The summed E-state index contributed by atoms with van der Waals surface area (Å²) in [6, 6.07) is 1.79. The fraction of sp³-hybridized carbons (Fsp3) is 0.500. The van der Waals surface area contributed by atoms with Gasteiger partial charge >= 0.3 is 0 Å². The smallest absolute Gasteiger partial charge is 0.272 e. The Kier molecular flexibility index (Phi) is 9.86. The number of aryl methyl sites for hydroxylation is 2. The first-order chi connectivity index (χ1) is 25.3. The molecule has 0 bridgehead atoms. The van der Waals surface area contributed by atoms with Crippen LogP contribution in [-0.2, 0) is 24.4 Å². The van der Waals surface area contributed by atoms with E-state index in [1.165, 1.54) is 35.5 Å². The number of fused-ring (bicyclic) bond motifs is 3. The monoisotopic (exact) mass is 748 g/mol. The predicted octanol–water partition coefficient (Wildman–Crippen LogP) is 2.33. The highest BCUT2D eigenvalue weighted by Crippen LogP contribution is 2.46. The summed E-state index contributed by atoms with van der Waals surface area (Å²) >= 11 is 0. The normalized spacial score (nSPS) is 26.4. The number of hydrogen-bond donors (Lipinski definition) is 3. The van der Waals surface area contributed by atoms with Crippen molar-refractivity contribution in [3.8, 4) is 5.88 Å². The van der Waals surface area contributed by atoms with Gasteiger partial charge in [0, 0.05) is 24.6 Å². The summed E-state index contributed by atoms with van der Waals surface area (Å²) in [6.45, 7) is 3.32. The van der Waals surface area contributed by atoms with Crippen molar-refractivity contribution in [2.24, 2.45) is 5.92 Å². The average Bonchev–Trinajstić information content (AvgIpc) is 4.04. The van der Waals surface area contributed by atoms with Crippen LogP contribution in [-0.4, -0.2) is 92.4 Å². The fourth-order valence-corrected chi connectivity index (χ4v) is 8.32. The highest BCUT2D eigenvalue weighted by molar-refractivity contribution is 7.91. The summed E-state index contributed by atoms with van der Waals surface area (Å²) in [6.07, 6.45) is 9.84. The average molecular weight is 749 g/mol. The molecule has 0 spiro atoms. The number of ether oxygens (including phenoxy) is 1. The van der Waals surface area contributed by atoms with Gasteiger partial charge in [0.05, 0.1) is 34.7 Å². The van der Waals surface area contributed by atoms with Crippen LogP contribution in [0.2, 0.25) is 0 Å². The van der Waals surface area contributed by atoms with Crippen molar-refractivity contribution in [2.45, 2.75) is 101 Å². The van der Waals surface area contributed by atoms with Crippen LogP contribution in [0.3, 0.4) is 0 Å². The maximum absolute atomic E-state index is 14.5. The molecule has 4 aliphatic rings. The summed E-state index contributed by atoms with van der Waals surface area (Å²) < 4.78 is 48.1. The van der Waals surface area contributed by atoms with Gasteiger partial charge in [0.1, 0.15) is 40.9 Å². The van der Waals surface area contributed by atoms with Gasteiger partial charge < -0.3 is 20.3 Å². The first-order valence-corrected chi connectivity index (χ1v) is 19.4. The van der Waals surface area contributed by atoms with E-state index >= 15 is 0 Å². The molecule has 3 fully saturated rings. The van der Waals surface area contributed by atoms with E-state index < -0.39 is 74.4 Å². The van der Waals surface area contributed by atoms with Crippen molar-refractivity contribution >= 4 is 44.7 Å². The summed E-state index contributed by atoms with van der Waals surface area (Å²) in [5.41, 5.74) is 0.235. The lowest BCUT2D eigenvalue weighted by atomic mass is 10.0. The van der Waals surface area contributed by atoms with Gasteiger partial charge in [-0.1, -0.05) is 25.0 Å². The fourth-order valence-electron chi connectivity index (χ4n) is 6.96. The van der Waals surface area contributed by atoms with Gasteiger partial charge in [0.15, 0.2) is 0 Å². The molecule has 4 heterocycles. The number of carbonyl (C=O) groups is 4. The lowest BCUT2D eigenvalue weighted by Gasteiger charge is -2.29. The number of carbonyl (C=O) groups excluding carboxylic acids is 4. The first-order valence-electron chi connectivity index (χ1n) is 17.9. The number of sulfonamides is 1. The molecule has 7 rings (SSSR count). The van der Waals surface area contributed by atoms with Crippen LogP contribution in [0.4, 0.5) is 4.39 Å². The zero-order chi connectivity index (χ0) is 37.5. The molecular weight excluding hydrogens is 708 g/mol. The Bertz CT molecular complexity index is 2090. The Morgan fingerprint density at radius 1 is 1.04 bits per heavy atom. The van der Waals surface area contributed by atoms with E-state index in [2.05, 4.69) is 35.3 Å². The lowest BCUT2D eigenvalue weighted by molar-refractivity contribution is -0.141. The Morgan fingerprint density at radius 3 is 2.60 bits per heavy atom. The predicted molar refractivity (Wildman–Crippen MR) is 188 cm³/mol. The van der Waals surface area contributed by atoms with Crippen LogP contribution in [0.5, 0.6) is 5.88 Å². The standard InChI is InChI=1S/C36H41FN8O7S/c1-20-17-39-29(18-38-20)31(46)41-27-9-7-5-3-4-6-8-22-16-36(22,35(49)44-53(50,51)25-11-12-25)43-32(47)30-15-24(19-45(30)34(27)48)52-33-21(2)40-26-13-10-23(37)14-28(26)42-33/h6,8,10,13-14,17-18,22,24-25,27,30H,3-5,7,9,11-12,15-16,19H2,1-2H3,(H,41,46)(H,43,47)(H,44,49)/t22-,24-,27+,30+,36-/m1/s1. The van der Waals surface area contributed by atoms with E-state index in [1.807, 2.05) is 12.2 Å². The van der Waals surface area contributed by atoms with Crippen molar-refractivity contribution in [1.29, 1.82) is 0 Å². The van der Waals surface area contributed by atoms with Gasteiger partial charge in [-0.05, 0) is 64.5 Å². The molecule has 1 saturated heterocycles. The number of nitrogens with zero attached hydrogens (tertiary/aromatic N) is 5. The zero-order valence-electron chi connectivity index (χ0n) is 29.4. The summed E-state index contributed by atoms with van der Waals surface area (Å²) in [5, 5.41) is 4.98. The Morgan fingerprint density at radius 2 is 1.85 bits per heavy atom. The number of hydrogen-bond acceptors (Lipinski definition) is 11. The van der Waals surface area contributed by atoms with Crippen LogP contribution in [0.1, 0.15) is 79.7 Å². The molecule has 4 amide bonds. The Balaban J connectivity index is 1.19. The van der Waals surface area contributed by atoms with Crippen LogP contribution in [0, 0.1) is 25.6 Å². The molecule has 3 N–H and O–H groups in total. The summed E-state index contributed by atoms with van der Waals surface area (Å²) in [4.78, 5) is 74.3. The van der Waals surface area contributed by atoms with Crippen LogP contribution < -0.4 is 20.1 Å². The van der Waals surface area contributed by atoms with E-state index in [9.17, 15) is 32.0 Å². The second-order valence-electron chi connectivity index (χ2n) is 14.3. The SMILES string of the molecule is Cc1cnc(C(=O)N[C@H]2CCCCCC=C[C@@H]3C[C@@]3(C(=O)NS(=O)(=O)C3CC3)NC(=O)[C@@H]3C[C@@H](Oc4nc5cc(F)ccc5nc4C)CN3C2=O)cn1. The number of rotatable bonds is 7. The van der Waals surface area contributed by atoms with Crippen molar-refractivity contribution in [3.63, 3.8) is 0 Å². The summed E-state index contributed by atoms with van der Waals surface area (Å²) in [5.74, 6) is -3.50. The van der Waals surface area contributed by atoms with Gasteiger partial charge in [-0.2, -0.15) is 0 Å². The minimum absolute atomic E-state index is 0.0250. The second-order valence-corrected chi connectivity index (χ2v) is 16.3. The largest absolute Gasteiger partial charge is 0.471 e. The van der Waals surface area contributed by atoms with Gasteiger partial charge in [0.25, 0.3) is 11.8 Å². The molecular formula is C36H41FN8O7S. The first kappa shape index (κ1) is 36.3. The molecule has 53 heavy (non-hydrogen) atoms. The van der Waals surface area contributed by atoms with Crippen molar-refractivity contribution in [2.75, 3.05) is 6.54 Å². The van der Waals surface area contributed by atoms with Crippen LogP contribution >= 0.6 is 0 Å². The van der Waals surface area contributed by atoms with E-state index in [1.54, 1.807) is 13.8 Å². The van der Waals surface area contributed by atoms with Gasteiger partial charge in [-0.25, -0.2) is 27.8 Å². The van der Waals surface area contributed by atoms with E-state index in [4.69, 9.17) is 4.74 Å². The number of benzene rings is 1. The molecule has 5 atom stereocenters.